The van der Waals surface area contributed by atoms with E-state index in [0.29, 0.717) is 10.2 Å². The maximum absolute atomic E-state index is 12.2. The van der Waals surface area contributed by atoms with Crippen LogP contribution in [-0.4, -0.2) is 26.1 Å². The molecule has 1 aromatic carbocycles. The Kier molecular flexibility index (Phi) is 6.01. The van der Waals surface area contributed by atoms with Crippen molar-refractivity contribution in [3.05, 3.63) is 22.7 Å². The van der Waals surface area contributed by atoms with E-state index in [1.807, 2.05) is 13.8 Å². The van der Waals surface area contributed by atoms with Crippen LogP contribution in [0.2, 0.25) is 0 Å². The molecule has 0 aliphatic carbocycles. The van der Waals surface area contributed by atoms with Crippen LogP contribution in [-0.2, 0) is 14.6 Å². The summed E-state index contributed by atoms with van der Waals surface area (Å²) in [5, 5.41) is 2.71. The van der Waals surface area contributed by atoms with Gasteiger partial charge in [-0.25, -0.2) is 8.42 Å². The maximum atomic E-state index is 12.2. The third-order valence-corrected chi connectivity index (χ3v) is 5.55. The van der Waals surface area contributed by atoms with Gasteiger partial charge in [0, 0.05) is 16.2 Å². The second-order valence-electron chi connectivity index (χ2n) is 4.53. The smallest absolute Gasteiger partial charge is 0.235 e. The predicted molar refractivity (Wildman–Crippen MR) is 83.1 cm³/mol. The summed E-state index contributed by atoms with van der Waals surface area (Å²) in [5.41, 5.74) is 6.03. The van der Waals surface area contributed by atoms with Gasteiger partial charge in [-0.15, -0.1) is 0 Å². The molecule has 0 radical (unpaired) electrons. The van der Waals surface area contributed by atoms with Crippen LogP contribution in [0.15, 0.2) is 27.6 Å². The molecule has 1 rings (SSSR count). The summed E-state index contributed by atoms with van der Waals surface area (Å²) < 4.78 is 24.8. The van der Waals surface area contributed by atoms with Gasteiger partial charge >= 0.3 is 0 Å². The summed E-state index contributed by atoms with van der Waals surface area (Å²) in [6.45, 7) is 3.89. The Balaban J connectivity index is 2.87. The standard InChI is InChI=1S/C13H19BrN2O3S/c1-3-10(4-2)16-13(17)8-20(18,19)12-6-5-9(15)7-11(12)14/h5-7,10H,3-4,8,15H2,1-2H3,(H,16,17). The summed E-state index contributed by atoms with van der Waals surface area (Å²) in [4.78, 5) is 11.9. The highest BCUT2D eigenvalue weighted by molar-refractivity contribution is 9.10. The number of carbonyl (C=O) groups is 1. The summed E-state index contributed by atoms with van der Waals surface area (Å²) in [6.07, 6.45) is 1.54. The molecule has 1 amide bonds. The van der Waals surface area contributed by atoms with Gasteiger partial charge in [-0.2, -0.15) is 0 Å². The van der Waals surface area contributed by atoms with Crippen LogP contribution in [0.1, 0.15) is 26.7 Å². The van der Waals surface area contributed by atoms with E-state index in [2.05, 4.69) is 21.2 Å². The Morgan fingerprint density at radius 2 is 1.95 bits per heavy atom. The fraction of sp³-hybridized carbons (Fsp3) is 0.462. The van der Waals surface area contributed by atoms with Gasteiger partial charge < -0.3 is 11.1 Å². The minimum Gasteiger partial charge on any atom is -0.399 e. The SMILES string of the molecule is CCC(CC)NC(=O)CS(=O)(=O)c1ccc(N)cc1Br. The molecule has 0 fully saturated rings. The molecule has 0 saturated heterocycles. The third kappa shape index (κ3) is 4.49. The summed E-state index contributed by atoms with van der Waals surface area (Å²) in [6, 6.07) is 4.41. The zero-order valence-electron chi connectivity index (χ0n) is 11.5. The van der Waals surface area contributed by atoms with Crippen molar-refractivity contribution >= 4 is 37.4 Å². The summed E-state index contributed by atoms with van der Waals surface area (Å²) in [5.74, 6) is -1.05. The minimum atomic E-state index is -3.68. The molecule has 20 heavy (non-hydrogen) atoms. The molecule has 0 aliphatic rings. The number of nitrogens with two attached hydrogens (primary N) is 1. The van der Waals surface area contributed by atoms with Crippen LogP contribution in [0.3, 0.4) is 0 Å². The second-order valence-corrected chi connectivity index (χ2v) is 7.34. The average molecular weight is 363 g/mol. The Morgan fingerprint density at radius 3 is 2.45 bits per heavy atom. The Labute approximate surface area is 128 Å². The highest BCUT2D eigenvalue weighted by atomic mass is 79.9. The lowest BCUT2D eigenvalue weighted by molar-refractivity contribution is -0.119. The molecule has 0 aliphatic heterocycles. The Hall–Kier alpha value is -1.08. The van der Waals surface area contributed by atoms with E-state index in [1.54, 1.807) is 0 Å². The van der Waals surface area contributed by atoms with E-state index in [-0.39, 0.29) is 10.9 Å². The van der Waals surface area contributed by atoms with Crippen molar-refractivity contribution < 1.29 is 13.2 Å². The van der Waals surface area contributed by atoms with Crippen molar-refractivity contribution in [2.24, 2.45) is 0 Å². The van der Waals surface area contributed by atoms with Crippen molar-refractivity contribution in [1.82, 2.24) is 5.32 Å². The fourth-order valence-corrected chi connectivity index (χ4v) is 4.13. The zero-order chi connectivity index (χ0) is 15.3. The van der Waals surface area contributed by atoms with E-state index in [4.69, 9.17) is 5.73 Å². The number of rotatable bonds is 6. The first-order valence-electron chi connectivity index (χ1n) is 6.37. The number of hydrogen-bond acceptors (Lipinski definition) is 4. The number of benzene rings is 1. The van der Waals surface area contributed by atoms with Gasteiger partial charge in [-0.3, -0.25) is 4.79 Å². The van der Waals surface area contributed by atoms with Gasteiger partial charge in [0.2, 0.25) is 5.91 Å². The maximum Gasteiger partial charge on any atom is 0.235 e. The number of anilines is 1. The topological polar surface area (TPSA) is 89.3 Å². The average Bonchev–Trinajstić information content (AvgIpc) is 2.34. The van der Waals surface area contributed by atoms with E-state index in [1.165, 1.54) is 18.2 Å². The first-order chi connectivity index (χ1) is 9.30. The largest absolute Gasteiger partial charge is 0.399 e. The number of amides is 1. The molecule has 5 nitrogen and oxygen atoms in total. The highest BCUT2D eigenvalue weighted by Gasteiger charge is 2.22. The lowest BCUT2D eigenvalue weighted by Gasteiger charge is -2.15. The molecule has 7 heteroatoms. The molecule has 0 aromatic heterocycles. The quantitative estimate of drug-likeness (QED) is 0.758. The lowest BCUT2D eigenvalue weighted by Crippen LogP contribution is -2.37. The number of nitrogens with one attached hydrogen (secondary N) is 1. The second kappa shape index (κ2) is 7.08. The van der Waals surface area contributed by atoms with Crippen LogP contribution < -0.4 is 11.1 Å². The molecule has 0 unspecified atom stereocenters. The van der Waals surface area contributed by atoms with Crippen molar-refractivity contribution in [3.8, 4) is 0 Å². The van der Waals surface area contributed by atoms with Gasteiger partial charge in [-0.05, 0) is 47.0 Å². The molecule has 1 aromatic rings. The van der Waals surface area contributed by atoms with Gasteiger partial charge in [0.05, 0.1) is 4.90 Å². The first-order valence-corrected chi connectivity index (χ1v) is 8.81. The van der Waals surface area contributed by atoms with Crippen molar-refractivity contribution in [1.29, 1.82) is 0 Å². The fourth-order valence-electron chi connectivity index (χ4n) is 1.78. The molecular formula is C13H19BrN2O3S. The van der Waals surface area contributed by atoms with E-state index < -0.39 is 21.5 Å². The van der Waals surface area contributed by atoms with Crippen molar-refractivity contribution in [2.75, 3.05) is 11.5 Å². The van der Waals surface area contributed by atoms with Gasteiger partial charge in [0.25, 0.3) is 0 Å². The number of nitrogen functional groups attached to an aromatic ring is 1. The van der Waals surface area contributed by atoms with E-state index in [9.17, 15) is 13.2 Å². The first kappa shape index (κ1) is 17.0. The van der Waals surface area contributed by atoms with Crippen LogP contribution in [0.5, 0.6) is 0 Å². The number of carbonyl (C=O) groups excluding carboxylic acids is 1. The van der Waals surface area contributed by atoms with Gasteiger partial charge in [0.15, 0.2) is 9.84 Å². The van der Waals surface area contributed by atoms with Crippen LogP contribution in [0.25, 0.3) is 0 Å². The van der Waals surface area contributed by atoms with Crippen LogP contribution >= 0.6 is 15.9 Å². The number of sulfone groups is 1. The number of hydrogen-bond donors (Lipinski definition) is 2. The van der Waals surface area contributed by atoms with Gasteiger partial charge in [-0.1, -0.05) is 13.8 Å². The van der Waals surface area contributed by atoms with Crippen LogP contribution in [0, 0.1) is 0 Å². The third-order valence-electron chi connectivity index (χ3n) is 2.96. The monoisotopic (exact) mass is 362 g/mol. The van der Waals surface area contributed by atoms with Crippen LogP contribution in [0.4, 0.5) is 5.69 Å². The van der Waals surface area contributed by atoms with E-state index >= 15 is 0 Å². The molecule has 0 heterocycles. The molecular weight excluding hydrogens is 344 g/mol. The van der Waals surface area contributed by atoms with Crippen molar-refractivity contribution in [2.45, 2.75) is 37.6 Å². The summed E-state index contributed by atoms with van der Waals surface area (Å²) >= 11 is 3.16. The molecule has 0 saturated carbocycles. The lowest BCUT2D eigenvalue weighted by atomic mass is 10.2. The van der Waals surface area contributed by atoms with Crippen molar-refractivity contribution in [3.63, 3.8) is 0 Å². The summed E-state index contributed by atoms with van der Waals surface area (Å²) in [7, 11) is -3.68. The Morgan fingerprint density at radius 1 is 1.35 bits per heavy atom. The molecule has 0 spiro atoms. The minimum absolute atomic E-state index is 0.00700. The molecule has 0 atom stereocenters. The molecule has 3 N–H and O–H groups in total. The molecule has 0 bridgehead atoms. The number of halogens is 1. The highest BCUT2D eigenvalue weighted by Crippen LogP contribution is 2.25. The normalized spacial score (nSPS) is 11.6. The Bertz CT molecular complexity index is 583. The molecule has 112 valence electrons. The van der Waals surface area contributed by atoms with Gasteiger partial charge in [0.1, 0.15) is 5.75 Å². The zero-order valence-corrected chi connectivity index (χ0v) is 13.9. The predicted octanol–water partition coefficient (Wildman–Crippen LogP) is 2.11. The van der Waals surface area contributed by atoms with E-state index in [0.717, 1.165) is 12.8 Å².